The number of halogens is 3. The predicted octanol–water partition coefficient (Wildman–Crippen LogP) is 4.42. The number of rotatable bonds is 6. The maximum Gasteiger partial charge on any atom is 0.264 e. The fourth-order valence-corrected chi connectivity index (χ4v) is 4.47. The van der Waals surface area contributed by atoms with Crippen LogP contribution in [0.4, 0.5) is 13.2 Å². The molecule has 1 aromatic carbocycles. The second-order valence-electron chi connectivity index (χ2n) is 8.56. The fraction of sp³-hybridized carbons (Fsp3) is 0.320. The van der Waals surface area contributed by atoms with Crippen molar-refractivity contribution in [3.8, 4) is 11.5 Å². The topological polar surface area (TPSA) is 67.4 Å². The average molecular weight is 483 g/mol. The zero-order chi connectivity index (χ0) is 24.5. The van der Waals surface area contributed by atoms with Crippen LogP contribution in [0.2, 0.25) is 0 Å². The van der Waals surface area contributed by atoms with Gasteiger partial charge in [-0.15, -0.1) is 0 Å². The Bertz CT molecular complexity index is 1340. The highest BCUT2D eigenvalue weighted by Crippen LogP contribution is 2.33. The molecule has 35 heavy (non-hydrogen) atoms. The number of hydrogen-bond acceptors (Lipinski definition) is 5. The lowest BCUT2D eigenvalue weighted by Gasteiger charge is -2.34. The number of alkyl halides is 2. The first-order valence-corrected chi connectivity index (χ1v) is 11.3. The van der Waals surface area contributed by atoms with Gasteiger partial charge >= 0.3 is 0 Å². The first-order valence-electron chi connectivity index (χ1n) is 11.3. The number of furan rings is 1. The van der Waals surface area contributed by atoms with Crippen molar-refractivity contribution < 1.29 is 22.4 Å². The summed E-state index contributed by atoms with van der Waals surface area (Å²) in [7, 11) is 0. The molecular formula is C25H24F3N5O2. The number of carbonyl (C=O) groups is 1. The average Bonchev–Trinajstić information content (AvgIpc) is 3.49. The number of pyridine rings is 1. The van der Waals surface area contributed by atoms with Gasteiger partial charge in [-0.3, -0.25) is 9.69 Å². The molecule has 0 aliphatic carbocycles. The molecule has 0 saturated carbocycles. The number of aryl methyl sites for hydroxylation is 1. The van der Waals surface area contributed by atoms with Gasteiger partial charge in [-0.2, -0.15) is 5.10 Å². The number of benzene rings is 1. The molecule has 10 heteroatoms. The van der Waals surface area contributed by atoms with Crippen molar-refractivity contribution in [2.75, 3.05) is 26.2 Å². The summed E-state index contributed by atoms with van der Waals surface area (Å²) in [5, 5.41) is 4.61. The van der Waals surface area contributed by atoms with E-state index in [0.717, 1.165) is 0 Å². The Morgan fingerprint density at radius 3 is 2.57 bits per heavy atom. The summed E-state index contributed by atoms with van der Waals surface area (Å²) in [5.74, 6) is -0.0586. The Hall–Kier alpha value is -3.66. The minimum atomic E-state index is -2.73. The summed E-state index contributed by atoms with van der Waals surface area (Å²) < 4.78 is 48.5. The summed E-state index contributed by atoms with van der Waals surface area (Å²) in [4.78, 5) is 21.4. The molecule has 182 valence electrons. The van der Waals surface area contributed by atoms with Crippen molar-refractivity contribution in [2.45, 2.75) is 26.4 Å². The molecule has 0 bridgehead atoms. The number of nitrogens with zero attached hydrogens (tertiary/aromatic N) is 5. The van der Waals surface area contributed by atoms with Gasteiger partial charge in [0.25, 0.3) is 6.43 Å². The van der Waals surface area contributed by atoms with E-state index in [2.05, 4.69) is 15.0 Å². The van der Waals surface area contributed by atoms with Crippen LogP contribution in [-0.2, 0) is 17.9 Å². The van der Waals surface area contributed by atoms with Crippen LogP contribution >= 0.6 is 0 Å². The number of aromatic nitrogens is 3. The van der Waals surface area contributed by atoms with E-state index >= 15 is 0 Å². The van der Waals surface area contributed by atoms with Crippen molar-refractivity contribution in [3.63, 3.8) is 0 Å². The van der Waals surface area contributed by atoms with Crippen LogP contribution in [0.1, 0.15) is 23.2 Å². The number of amides is 1. The molecule has 0 unspecified atom stereocenters. The molecule has 7 nitrogen and oxygen atoms in total. The van der Waals surface area contributed by atoms with Gasteiger partial charge < -0.3 is 9.32 Å². The van der Waals surface area contributed by atoms with Crippen LogP contribution in [0.3, 0.4) is 0 Å². The summed E-state index contributed by atoms with van der Waals surface area (Å²) in [6, 6.07) is 11.3. The van der Waals surface area contributed by atoms with Gasteiger partial charge in [-0.1, -0.05) is 18.2 Å². The molecule has 4 aromatic rings. The lowest BCUT2D eigenvalue weighted by atomic mass is 10.1. The maximum absolute atomic E-state index is 14.0. The van der Waals surface area contributed by atoms with Gasteiger partial charge in [-0.05, 0) is 31.2 Å². The molecule has 0 N–H and O–H groups in total. The van der Waals surface area contributed by atoms with Gasteiger partial charge in [0.05, 0.1) is 17.3 Å². The largest absolute Gasteiger partial charge is 0.463 e. The summed E-state index contributed by atoms with van der Waals surface area (Å²) in [5.41, 5.74) is 1.29. The van der Waals surface area contributed by atoms with Crippen molar-refractivity contribution in [2.24, 2.45) is 0 Å². The van der Waals surface area contributed by atoms with Crippen molar-refractivity contribution in [1.82, 2.24) is 24.6 Å². The number of piperazine rings is 1. The van der Waals surface area contributed by atoms with E-state index in [1.165, 1.54) is 23.1 Å². The first kappa shape index (κ1) is 23.1. The Balaban J connectivity index is 1.33. The maximum atomic E-state index is 14.0. The van der Waals surface area contributed by atoms with E-state index in [9.17, 15) is 18.0 Å². The molecule has 1 fully saturated rings. The molecule has 0 atom stereocenters. The predicted molar refractivity (Wildman–Crippen MR) is 123 cm³/mol. The van der Waals surface area contributed by atoms with Crippen LogP contribution in [0, 0.1) is 12.7 Å². The smallest absolute Gasteiger partial charge is 0.264 e. The van der Waals surface area contributed by atoms with Crippen LogP contribution < -0.4 is 0 Å². The molecule has 0 spiro atoms. The molecule has 4 heterocycles. The molecule has 3 aromatic heterocycles. The highest BCUT2D eigenvalue weighted by Gasteiger charge is 2.25. The van der Waals surface area contributed by atoms with E-state index in [4.69, 9.17) is 4.42 Å². The SMILES string of the molecule is Cc1nn(CC(=O)N2CCN(Cc3ccccc3F)CC2)c2nc(-c3ccco3)cc(C(F)F)c12. The zero-order valence-corrected chi connectivity index (χ0v) is 19.1. The Labute approximate surface area is 199 Å². The number of fused-ring (bicyclic) bond motifs is 1. The van der Waals surface area contributed by atoms with Crippen molar-refractivity contribution in [3.05, 3.63) is 71.4 Å². The third-order valence-corrected chi connectivity index (χ3v) is 6.28. The van der Waals surface area contributed by atoms with E-state index < -0.39 is 6.43 Å². The van der Waals surface area contributed by atoms with Crippen LogP contribution in [-0.4, -0.2) is 56.7 Å². The van der Waals surface area contributed by atoms with Gasteiger partial charge in [-0.25, -0.2) is 22.8 Å². The lowest BCUT2D eigenvalue weighted by Crippen LogP contribution is -2.49. The lowest BCUT2D eigenvalue weighted by molar-refractivity contribution is -0.133. The molecular weight excluding hydrogens is 459 g/mol. The highest BCUT2D eigenvalue weighted by molar-refractivity contribution is 5.86. The summed E-state index contributed by atoms with van der Waals surface area (Å²) in [6.07, 6.45) is -1.29. The zero-order valence-electron chi connectivity index (χ0n) is 19.1. The van der Waals surface area contributed by atoms with Gasteiger partial charge in [0, 0.05) is 43.9 Å². The third kappa shape index (κ3) is 4.66. The Morgan fingerprint density at radius 2 is 1.89 bits per heavy atom. The second-order valence-corrected chi connectivity index (χ2v) is 8.56. The number of carbonyl (C=O) groups excluding carboxylic acids is 1. The molecule has 0 radical (unpaired) electrons. The summed E-state index contributed by atoms with van der Waals surface area (Å²) in [6.45, 7) is 4.18. The van der Waals surface area contributed by atoms with E-state index in [1.54, 1.807) is 42.2 Å². The molecule has 1 aliphatic rings. The van der Waals surface area contributed by atoms with Crippen molar-refractivity contribution in [1.29, 1.82) is 0 Å². The Morgan fingerprint density at radius 1 is 1.11 bits per heavy atom. The van der Waals surface area contributed by atoms with Crippen LogP contribution in [0.5, 0.6) is 0 Å². The highest BCUT2D eigenvalue weighted by atomic mass is 19.3. The third-order valence-electron chi connectivity index (χ3n) is 6.28. The minimum absolute atomic E-state index is 0.116. The fourth-order valence-electron chi connectivity index (χ4n) is 4.47. The van der Waals surface area contributed by atoms with Crippen LogP contribution in [0.25, 0.3) is 22.5 Å². The van der Waals surface area contributed by atoms with E-state index in [1.807, 2.05) is 0 Å². The van der Waals surface area contributed by atoms with Crippen molar-refractivity contribution >= 4 is 16.9 Å². The molecule has 1 aliphatic heterocycles. The molecule has 1 amide bonds. The normalized spacial score (nSPS) is 14.8. The molecule has 5 rings (SSSR count). The first-order chi connectivity index (χ1) is 16.9. The summed E-state index contributed by atoms with van der Waals surface area (Å²) >= 11 is 0. The van der Waals surface area contributed by atoms with Gasteiger partial charge in [0.1, 0.15) is 18.1 Å². The quantitative estimate of drug-likeness (QED) is 0.406. The van der Waals surface area contributed by atoms with E-state index in [-0.39, 0.29) is 40.6 Å². The second kappa shape index (κ2) is 9.53. The Kier molecular flexibility index (Phi) is 6.29. The van der Waals surface area contributed by atoms with Gasteiger partial charge in [0.2, 0.25) is 5.91 Å². The minimum Gasteiger partial charge on any atom is -0.463 e. The molecule has 1 saturated heterocycles. The monoisotopic (exact) mass is 483 g/mol. The van der Waals surface area contributed by atoms with Gasteiger partial charge in [0.15, 0.2) is 11.4 Å². The van der Waals surface area contributed by atoms with E-state index in [0.29, 0.717) is 49.7 Å². The standard InChI is InChI=1S/C25H24F3N5O2/c1-16-23-18(24(27)28)13-20(21-7-4-12-35-21)29-25(23)33(30-16)15-22(34)32-10-8-31(9-11-32)14-17-5-2-3-6-19(17)26/h2-7,12-13,24H,8-11,14-15H2,1H3. The van der Waals surface area contributed by atoms with Crippen LogP contribution in [0.15, 0.2) is 53.1 Å². The number of hydrogen-bond donors (Lipinski definition) is 0.